The molecule has 2 aromatic rings. The minimum Gasteiger partial charge on any atom is -0.309 e. The average Bonchev–Trinajstić information content (AvgIpc) is 3.19. The average molecular weight is 273 g/mol. The molecule has 1 aliphatic carbocycles. The number of aromatic nitrogens is 2. The summed E-state index contributed by atoms with van der Waals surface area (Å²) in [5.74, 6) is 0. The molecule has 0 saturated heterocycles. The monoisotopic (exact) mass is 273 g/mol. The third-order valence-corrected chi connectivity index (χ3v) is 4.73. The second-order valence-corrected chi connectivity index (χ2v) is 6.15. The Morgan fingerprint density at radius 1 is 1.42 bits per heavy atom. The van der Waals surface area contributed by atoms with Gasteiger partial charge in [-0.2, -0.15) is 0 Å². The predicted molar refractivity (Wildman–Crippen MR) is 79.3 cm³/mol. The Kier molecular flexibility index (Phi) is 3.62. The number of thiazole rings is 1. The Morgan fingerprint density at radius 3 is 3.00 bits per heavy atom. The van der Waals surface area contributed by atoms with Crippen LogP contribution in [0.3, 0.4) is 0 Å². The molecule has 0 bridgehead atoms. The predicted octanol–water partition coefficient (Wildman–Crippen LogP) is 3.33. The number of pyridine rings is 1. The third-order valence-electron chi connectivity index (χ3n) is 3.54. The van der Waals surface area contributed by atoms with Gasteiger partial charge in [-0.25, -0.2) is 4.98 Å². The highest BCUT2D eigenvalue weighted by Crippen LogP contribution is 2.30. The Morgan fingerprint density at radius 2 is 2.26 bits per heavy atom. The molecule has 0 atom stereocenters. The van der Waals surface area contributed by atoms with Gasteiger partial charge in [0.1, 0.15) is 5.01 Å². The summed E-state index contributed by atoms with van der Waals surface area (Å²) in [6.45, 7) is 5.23. The zero-order valence-corrected chi connectivity index (χ0v) is 12.3. The summed E-state index contributed by atoms with van der Waals surface area (Å²) in [4.78, 5) is 10.3. The van der Waals surface area contributed by atoms with Crippen LogP contribution in [-0.2, 0) is 13.0 Å². The molecule has 0 radical (unpaired) electrons. The molecule has 19 heavy (non-hydrogen) atoms. The number of hydrogen-bond acceptors (Lipinski definition) is 4. The molecule has 0 unspecified atom stereocenters. The van der Waals surface area contributed by atoms with Crippen molar-refractivity contribution < 1.29 is 0 Å². The fraction of sp³-hybridized carbons (Fsp3) is 0.467. The van der Waals surface area contributed by atoms with Crippen molar-refractivity contribution in [3.05, 3.63) is 34.6 Å². The first kappa shape index (κ1) is 12.8. The van der Waals surface area contributed by atoms with Crippen LogP contribution in [-0.4, -0.2) is 16.0 Å². The molecule has 1 fully saturated rings. The lowest BCUT2D eigenvalue weighted by Crippen LogP contribution is -2.14. The van der Waals surface area contributed by atoms with Crippen molar-refractivity contribution in [1.29, 1.82) is 0 Å². The lowest BCUT2D eigenvalue weighted by atomic mass is 10.1. The summed E-state index contributed by atoms with van der Waals surface area (Å²) in [6, 6.07) is 2.83. The molecule has 0 amide bonds. The molecule has 2 heterocycles. The lowest BCUT2D eigenvalue weighted by Gasteiger charge is -2.02. The fourth-order valence-electron chi connectivity index (χ4n) is 2.15. The minimum absolute atomic E-state index is 0.747. The van der Waals surface area contributed by atoms with Gasteiger partial charge in [0.2, 0.25) is 0 Å². The Labute approximate surface area is 118 Å². The largest absolute Gasteiger partial charge is 0.309 e. The zero-order valence-electron chi connectivity index (χ0n) is 11.4. The van der Waals surface area contributed by atoms with Crippen molar-refractivity contribution >= 4 is 11.3 Å². The van der Waals surface area contributed by atoms with Gasteiger partial charge in [0.15, 0.2) is 0 Å². The van der Waals surface area contributed by atoms with Gasteiger partial charge in [-0.1, -0.05) is 6.92 Å². The van der Waals surface area contributed by atoms with E-state index in [1.165, 1.54) is 28.8 Å². The van der Waals surface area contributed by atoms with Crippen LogP contribution in [0.2, 0.25) is 0 Å². The summed E-state index contributed by atoms with van der Waals surface area (Å²) < 4.78 is 0. The van der Waals surface area contributed by atoms with E-state index in [1.54, 1.807) is 0 Å². The first-order valence-electron chi connectivity index (χ1n) is 6.91. The van der Waals surface area contributed by atoms with Crippen molar-refractivity contribution in [3.8, 4) is 10.6 Å². The molecule has 1 aliphatic rings. The minimum atomic E-state index is 0.747. The molecule has 1 saturated carbocycles. The number of rotatable bonds is 5. The molecule has 3 rings (SSSR count). The summed E-state index contributed by atoms with van der Waals surface area (Å²) in [5.41, 5.74) is 3.67. The zero-order chi connectivity index (χ0) is 13.2. The third kappa shape index (κ3) is 2.85. The van der Waals surface area contributed by atoms with Crippen LogP contribution in [0.5, 0.6) is 0 Å². The van der Waals surface area contributed by atoms with Gasteiger partial charge in [0.25, 0.3) is 0 Å². The Bertz CT molecular complexity index is 573. The topological polar surface area (TPSA) is 37.8 Å². The maximum absolute atomic E-state index is 4.74. The van der Waals surface area contributed by atoms with E-state index >= 15 is 0 Å². The summed E-state index contributed by atoms with van der Waals surface area (Å²) >= 11 is 1.81. The molecular weight excluding hydrogens is 254 g/mol. The van der Waals surface area contributed by atoms with Crippen LogP contribution in [0.15, 0.2) is 18.5 Å². The van der Waals surface area contributed by atoms with Gasteiger partial charge in [0.05, 0.1) is 5.69 Å². The number of nitrogens with one attached hydrogen (secondary N) is 1. The normalized spacial score (nSPS) is 14.8. The summed E-state index contributed by atoms with van der Waals surface area (Å²) in [7, 11) is 0. The Balaban J connectivity index is 1.85. The molecule has 0 aliphatic heterocycles. The molecule has 4 heteroatoms. The van der Waals surface area contributed by atoms with Gasteiger partial charge in [-0.05, 0) is 37.8 Å². The first-order valence-corrected chi connectivity index (χ1v) is 7.72. The molecule has 0 aromatic carbocycles. The highest BCUT2D eigenvalue weighted by atomic mass is 32.1. The van der Waals surface area contributed by atoms with E-state index in [0.29, 0.717) is 0 Å². The van der Waals surface area contributed by atoms with Crippen molar-refractivity contribution in [1.82, 2.24) is 15.3 Å². The summed E-state index contributed by atoms with van der Waals surface area (Å²) in [6.07, 6.45) is 7.46. The molecule has 3 nitrogen and oxygen atoms in total. The van der Waals surface area contributed by atoms with Crippen molar-refractivity contribution in [2.24, 2.45) is 0 Å². The van der Waals surface area contributed by atoms with Crippen LogP contribution < -0.4 is 5.32 Å². The van der Waals surface area contributed by atoms with Crippen LogP contribution in [0, 0.1) is 6.92 Å². The van der Waals surface area contributed by atoms with Gasteiger partial charge in [0, 0.05) is 35.4 Å². The van der Waals surface area contributed by atoms with E-state index in [1.807, 2.05) is 23.7 Å². The number of nitrogens with zero attached hydrogens (tertiary/aromatic N) is 2. The van der Waals surface area contributed by atoms with Gasteiger partial charge in [-0.15, -0.1) is 11.3 Å². The highest BCUT2D eigenvalue weighted by molar-refractivity contribution is 7.15. The van der Waals surface area contributed by atoms with E-state index in [4.69, 9.17) is 4.98 Å². The number of hydrogen-bond donors (Lipinski definition) is 1. The van der Waals surface area contributed by atoms with Crippen LogP contribution in [0.25, 0.3) is 10.6 Å². The molecular formula is C15H19N3S. The molecule has 100 valence electrons. The van der Waals surface area contributed by atoms with Crippen LogP contribution in [0.1, 0.15) is 35.9 Å². The lowest BCUT2D eigenvalue weighted by molar-refractivity contribution is 0.691. The van der Waals surface area contributed by atoms with Crippen molar-refractivity contribution in [2.75, 3.05) is 0 Å². The van der Waals surface area contributed by atoms with E-state index in [2.05, 4.69) is 30.2 Å². The van der Waals surface area contributed by atoms with Gasteiger partial charge < -0.3 is 5.32 Å². The van der Waals surface area contributed by atoms with E-state index in [-0.39, 0.29) is 0 Å². The van der Waals surface area contributed by atoms with Gasteiger partial charge in [-0.3, -0.25) is 4.98 Å². The SMILES string of the molecule is CCc1cnccc1-c1nc(C)c(CNC2CC2)s1. The molecule has 1 N–H and O–H groups in total. The van der Waals surface area contributed by atoms with E-state index < -0.39 is 0 Å². The van der Waals surface area contributed by atoms with E-state index in [0.717, 1.165) is 29.7 Å². The van der Waals surface area contributed by atoms with Crippen molar-refractivity contribution in [2.45, 2.75) is 45.7 Å². The number of aryl methyl sites for hydroxylation is 2. The molecule has 0 spiro atoms. The maximum Gasteiger partial charge on any atom is 0.124 e. The van der Waals surface area contributed by atoms with Gasteiger partial charge >= 0.3 is 0 Å². The smallest absolute Gasteiger partial charge is 0.124 e. The second kappa shape index (κ2) is 5.39. The molecule has 2 aromatic heterocycles. The second-order valence-electron chi connectivity index (χ2n) is 5.07. The maximum atomic E-state index is 4.74. The fourth-order valence-corrected chi connectivity index (χ4v) is 3.22. The van der Waals surface area contributed by atoms with Crippen LogP contribution in [0.4, 0.5) is 0 Å². The first-order chi connectivity index (χ1) is 9.28. The van der Waals surface area contributed by atoms with Crippen molar-refractivity contribution in [3.63, 3.8) is 0 Å². The summed E-state index contributed by atoms with van der Waals surface area (Å²) in [5, 5.41) is 4.69. The standard InChI is InChI=1S/C15H19N3S/c1-3-11-8-16-7-6-13(11)15-18-10(2)14(19-15)9-17-12-4-5-12/h6-8,12,17H,3-5,9H2,1-2H3. The Hall–Kier alpha value is -1.26. The van der Waals surface area contributed by atoms with E-state index in [9.17, 15) is 0 Å². The highest BCUT2D eigenvalue weighted by Gasteiger charge is 2.21. The quantitative estimate of drug-likeness (QED) is 0.908. The van der Waals surface area contributed by atoms with Crippen LogP contribution >= 0.6 is 11.3 Å².